The predicted molar refractivity (Wildman–Crippen MR) is 193 cm³/mol. The molecule has 4 aromatic heterocycles. The fraction of sp³-hybridized carbons (Fsp3) is 0. The van der Waals surface area contributed by atoms with Gasteiger partial charge in [0, 0.05) is 53.1 Å². The van der Waals surface area contributed by atoms with E-state index in [1.54, 1.807) is 11.3 Å². The van der Waals surface area contributed by atoms with Gasteiger partial charge in [0.2, 0.25) is 0 Å². The minimum absolute atomic E-state index is 0.741. The molecule has 10 rings (SSSR count). The van der Waals surface area contributed by atoms with E-state index in [0.29, 0.717) is 0 Å². The lowest BCUT2D eigenvalue weighted by molar-refractivity contribution is 1.18. The number of rotatable bonds is 3. The van der Waals surface area contributed by atoms with Gasteiger partial charge >= 0.3 is 0 Å². The smallest absolute Gasteiger partial charge is 0.160 e. The topological polar surface area (TPSA) is 30.7 Å². The van der Waals surface area contributed by atoms with Crippen molar-refractivity contribution >= 4 is 85.0 Å². The molecule has 0 atom stereocenters. The van der Waals surface area contributed by atoms with Crippen molar-refractivity contribution in [2.24, 2.45) is 0 Å². The first-order valence-corrected chi connectivity index (χ1v) is 16.6. The molecule has 0 saturated heterocycles. The van der Waals surface area contributed by atoms with E-state index in [1.165, 1.54) is 52.1 Å². The van der Waals surface area contributed by atoms with E-state index in [4.69, 9.17) is 9.97 Å². The van der Waals surface area contributed by atoms with Crippen LogP contribution in [0.1, 0.15) is 0 Å². The number of nitrogens with zero attached hydrogens (tertiary/aromatic N) is 3. The number of hydrogen-bond acceptors (Lipinski definition) is 4. The van der Waals surface area contributed by atoms with Crippen molar-refractivity contribution < 1.29 is 0 Å². The van der Waals surface area contributed by atoms with Gasteiger partial charge in [0.05, 0.1) is 31.6 Å². The molecule has 0 N–H and O–H groups in total. The maximum absolute atomic E-state index is 5.19. The maximum atomic E-state index is 5.19. The van der Waals surface area contributed by atoms with Crippen LogP contribution in [0.2, 0.25) is 0 Å². The second-order valence-electron chi connectivity index (χ2n) is 11.4. The van der Waals surface area contributed by atoms with E-state index in [2.05, 4.69) is 138 Å². The Morgan fingerprint density at radius 1 is 0.444 bits per heavy atom. The van der Waals surface area contributed by atoms with Crippen molar-refractivity contribution in [2.75, 3.05) is 0 Å². The van der Waals surface area contributed by atoms with Crippen LogP contribution in [-0.2, 0) is 0 Å². The summed E-state index contributed by atoms with van der Waals surface area (Å²) in [4.78, 5) is 10.4. The summed E-state index contributed by atoms with van der Waals surface area (Å²) < 4.78 is 7.41. The fourth-order valence-corrected chi connectivity index (χ4v) is 9.16. The lowest BCUT2D eigenvalue weighted by Crippen LogP contribution is -1.96. The Morgan fingerprint density at radius 2 is 1.09 bits per heavy atom. The molecule has 3 nitrogen and oxygen atoms in total. The lowest BCUT2D eigenvalue weighted by Gasteiger charge is -2.11. The third kappa shape index (κ3) is 3.69. The Morgan fingerprint density at radius 3 is 1.91 bits per heavy atom. The van der Waals surface area contributed by atoms with Crippen LogP contribution in [0.4, 0.5) is 0 Å². The van der Waals surface area contributed by atoms with Crippen molar-refractivity contribution in [1.29, 1.82) is 0 Å². The van der Waals surface area contributed by atoms with Gasteiger partial charge < -0.3 is 4.57 Å². The molecule has 5 heteroatoms. The first-order valence-electron chi connectivity index (χ1n) is 15.0. The van der Waals surface area contributed by atoms with Crippen LogP contribution in [0.5, 0.6) is 0 Å². The summed E-state index contributed by atoms with van der Waals surface area (Å²) >= 11 is 3.64. The highest BCUT2D eigenvalue weighted by Gasteiger charge is 2.19. The number of aromatic nitrogens is 3. The normalized spacial score (nSPS) is 12.0. The molecule has 0 fully saturated rings. The van der Waals surface area contributed by atoms with Gasteiger partial charge in [-0.2, -0.15) is 0 Å². The Bertz CT molecular complexity index is 2750. The van der Waals surface area contributed by atoms with Gasteiger partial charge in [-0.1, -0.05) is 97.1 Å². The van der Waals surface area contributed by atoms with Crippen molar-refractivity contribution in [2.45, 2.75) is 0 Å². The average Bonchev–Trinajstić information content (AvgIpc) is 3.78. The molecular weight excluding hydrogens is 587 g/mol. The molecule has 0 amide bonds. The van der Waals surface area contributed by atoms with E-state index in [9.17, 15) is 0 Å². The Balaban J connectivity index is 1.20. The van der Waals surface area contributed by atoms with Crippen LogP contribution < -0.4 is 0 Å². The zero-order valence-corrected chi connectivity index (χ0v) is 25.6. The summed E-state index contributed by atoms with van der Waals surface area (Å²) in [5.74, 6) is 0.741. The quantitative estimate of drug-likeness (QED) is 0.199. The van der Waals surface area contributed by atoms with Crippen molar-refractivity contribution in [1.82, 2.24) is 14.5 Å². The molecule has 10 aromatic rings. The summed E-state index contributed by atoms with van der Waals surface area (Å²) in [7, 11) is 0. The van der Waals surface area contributed by atoms with Crippen molar-refractivity contribution in [3.63, 3.8) is 0 Å². The summed E-state index contributed by atoms with van der Waals surface area (Å²) in [6, 6.07) is 49.8. The van der Waals surface area contributed by atoms with Gasteiger partial charge in [0.1, 0.15) is 0 Å². The first kappa shape index (κ1) is 25.0. The van der Waals surface area contributed by atoms with E-state index in [0.717, 1.165) is 38.5 Å². The van der Waals surface area contributed by atoms with Crippen molar-refractivity contribution in [3.8, 4) is 28.3 Å². The SMILES string of the molecule is c1ccc(-c2nc(-c3ccc(-n4c5ccccc5c5ccc6c7ccccc7sc6c54)cc3)nc3c2sc2ccccc23)cc1. The van der Waals surface area contributed by atoms with Crippen LogP contribution in [0.15, 0.2) is 140 Å². The Labute approximate surface area is 266 Å². The summed E-state index contributed by atoms with van der Waals surface area (Å²) in [5.41, 5.74) is 7.69. The van der Waals surface area contributed by atoms with E-state index >= 15 is 0 Å². The summed E-state index contributed by atoms with van der Waals surface area (Å²) in [6.07, 6.45) is 0. The molecular formula is C40H23N3S2. The lowest BCUT2D eigenvalue weighted by atomic mass is 10.1. The second-order valence-corrected chi connectivity index (χ2v) is 13.5. The maximum Gasteiger partial charge on any atom is 0.160 e. The van der Waals surface area contributed by atoms with Gasteiger partial charge in [-0.15, -0.1) is 22.7 Å². The molecule has 0 unspecified atom stereocenters. The van der Waals surface area contributed by atoms with E-state index < -0.39 is 0 Å². The molecule has 0 aliphatic rings. The van der Waals surface area contributed by atoms with Crippen LogP contribution in [0.3, 0.4) is 0 Å². The molecule has 0 aliphatic heterocycles. The zero-order chi connectivity index (χ0) is 29.5. The van der Waals surface area contributed by atoms with Crippen molar-refractivity contribution in [3.05, 3.63) is 140 Å². The molecule has 0 spiro atoms. The van der Waals surface area contributed by atoms with Gasteiger partial charge in [-0.25, -0.2) is 9.97 Å². The molecule has 0 bridgehead atoms. The highest BCUT2D eigenvalue weighted by molar-refractivity contribution is 7.27. The molecule has 4 heterocycles. The third-order valence-corrected chi connectivity index (χ3v) is 11.2. The van der Waals surface area contributed by atoms with Crippen LogP contribution in [0, 0.1) is 0 Å². The zero-order valence-electron chi connectivity index (χ0n) is 23.9. The standard InChI is InChI=1S/C40H23N3S2/c1-2-10-24(11-3-1)35-39-36(31-14-6-9-17-34(31)45-39)42-40(41-35)25-18-20-26(21-19-25)43-32-15-7-4-12-27(32)29-22-23-30-28-13-5-8-16-33(28)44-38(30)37(29)43/h1-23H. The summed E-state index contributed by atoms with van der Waals surface area (Å²) in [6.45, 7) is 0. The van der Waals surface area contributed by atoms with Crippen LogP contribution in [0.25, 0.3) is 90.6 Å². The third-order valence-electron chi connectivity index (χ3n) is 8.83. The minimum Gasteiger partial charge on any atom is -0.308 e. The van der Waals surface area contributed by atoms with Gasteiger partial charge in [0.25, 0.3) is 0 Å². The number of para-hydroxylation sites is 1. The fourth-order valence-electron chi connectivity index (χ4n) is 6.77. The van der Waals surface area contributed by atoms with Crippen LogP contribution >= 0.6 is 22.7 Å². The molecule has 0 aliphatic carbocycles. The molecule has 0 radical (unpaired) electrons. The van der Waals surface area contributed by atoms with E-state index in [-0.39, 0.29) is 0 Å². The highest BCUT2D eigenvalue weighted by Crippen LogP contribution is 2.43. The second kappa shape index (κ2) is 9.57. The summed E-state index contributed by atoms with van der Waals surface area (Å²) in [5, 5.41) is 6.34. The molecule has 6 aromatic carbocycles. The Kier molecular flexibility index (Phi) is 5.32. The Hall–Kier alpha value is -5.36. The number of fused-ring (bicyclic) bond motifs is 10. The first-order chi connectivity index (χ1) is 22.3. The number of benzene rings is 6. The number of thiophene rings is 2. The molecule has 0 saturated carbocycles. The monoisotopic (exact) mass is 609 g/mol. The largest absolute Gasteiger partial charge is 0.308 e. The minimum atomic E-state index is 0.741. The predicted octanol–water partition coefficient (Wildman–Crippen LogP) is 11.6. The van der Waals surface area contributed by atoms with Crippen LogP contribution in [-0.4, -0.2) is 14.5 Å². The van der Waals surface area contributed by atoms with Gasteiger partial charge in [-0.3, -0.25) is 0 Å². The van der Waals surface area contributed by atoms with Gasteiger partial charge in [0.15, 0.2) is 5.82 Å². The molecule has 210 valence electrons. The van der Waals surface area contributed by atoms with E-state index in [1.807, 2.05) is 17.4 Å². The van der Waals surface area contributed by atoms with Gasteiger partial charge in [-0.05, 0) is 42.5 Å². The number of hydrogen-bond donors (Lipinski definition) is 0. The highest BCUT2D eigenvalue weighted by atomic mass is 32.1. The molecule has 45 heavy (non-hydrogen) atoms. The average molecular weight is 610 g/mol.